The van der Waals surface area contributed by atoms with Gasteiger partial charge in [-0.05, 0) is 37.1 Å². The molecule has 4 heteroatoms. The number of pyridine rings is 1. The number of rotatable bonds is 2. The molecule has 2 aromatic rings. The fourth-order valence-electron chi connectivity index (χ4n) is 1.75. The minimum atomic E-state index is -0.0983. The van der Waals surface area contributed by atoms with Crippen LogP contribution in [0.15, 0.2) is 34.9 Å². The maximum atomic E-state index is 12.4. The van der Waals surface area contributed by atoms with Crippen LogP contribution in [0.1, 0.15) is 27.0 Å². The Balaban J connectivity index is 2.51. The molecule has 0 aliphatic rings. The molecule has 0 fully saturated rings. The second-order valence-electron chi connectivity index (χ2n) is 4.18. The van der Waals surface area contributed by atoms with Gasteiger partial charge in [0.25, 0.3) is 0 Å². The number of nitrogens with zero attached hydrogens (tertiary/aromatic N) is 1. The van der Waals surface area contributed by atoms with Crippen molar-refractivity contribution in [2.75, 3.05) is 5.73 Å². The number of carbonyl (C=O) groups is 1. The molecule has 2 N–H and O–H groups in total. The highest BCUT2D eigenvalue weighted by Crippen LogP contribution is 2.22. The summed E-state index contributed by atoms with van der Waals surface area (Å²) < 4.78 is 0.911. The summed E-state index contributed by atoms with van der Waals surface area (Å²) in [6.45, 7) is 3.83. The molecule has 0 aliphatic heterocycles. The van der Waals surface area contributed by atoms with Gasteiger partial charge in [-0.2, -0.15) is 0 Å². The second kappa shape index (κ2) is 4.90. The zero-order valence-corrected chi connectivity index (χ0v) is 11.8. The van der Waals surface area contributed by atoms with E-state index in [1.54, 1.807) is 18.3 Å². The van der Waals surface area contributed by atoms with Gasteiger partial charge in [0.15, 0.2) is 5.78 Å². The predicted molar refractivity (Wildman–Crippen MR) is 75.7 cm³/mol. The van der Waals surface area contributed by atoms with Gasteiger partial charge in [-0.25, -0.2) is 4.98 Å². The van der Waals surface area contributed by atoms with E-state index in [1.165, 1.54) is 0 Å². The molecule has 0 saturated heterocycles. The smallest absolute Gasteiger partial charge is 0.197 e. The number of benzene rings is 1. The fourth-order valence-corrected chi connectivity index (χ4v) is 2.13. The summed E-state index contributed by atoms with van der Waals surface area (Å²) in [6.07, 6.45) is 1.60. The normalized spacial score (nSPS) is 10.4. The highest BCUT2D eigenvalue weighted by molar-refractivity contribution is 9.10. The van der Waals surface area contributed by atoms with Gasteiger partial charge in [-0.1, -0.05) is 28.1 Å². The number of ketones is 1. The largest absolute Gasteiger partial charge is 0.383 e. The molecule has 2 rings (SSSR count). The molecular formula is C14H13BrN2O. The Bertz CT molecular complexity index is 603. The zero-order chi connectivity index (χ0) is 13.3. The maximum Gasteiger partial charge on any atom is 0.197 e. The van der Waals surface area contributed by atoms with Crippen LogP contribution >= 0.6 is 15.9 Å². The molecule has 0 bridgehead atoms. The van der Waals surface area contributed by atoms with Crippen LogP contribution < -0.4 is 5.73 Å². The first kappa shape index (κ1) is 12.8. The molecule has 18 heavy (non-hydrogen) atoms. The lowest BCUT2D eigenvalue weighted by molar-refractivity contribution is 0.103. The van der Waals surface area contributed by atoms with Gasteiger partial charge in [-0.15, -0.1) is 0 Å². The van der Waals surface area contributed by atoms with E-state index in [1.807, 2.05) is 26.0 Å². The first-order valence-electron chi connectivity index (χ1n) is 5.52. The molecule has 0 radical (unpaired) electrons. The Morgan fingerprint density at radius 1 is 1.22 bits per heavy atom. The first-order chi connectivity index (χ1) is 8.50. The molecule has 0 aliphatic carbocycles. The number of anilines is 1. The minimum absolute atomic E-state index is 0.0983. The van der Waals surface area contributed by atoms with Crippen molar-refractivity contribution in [3.63, 3.8) is 0 Å². The van der Waals surface area contributed by atoms with Crippen molar-refractivity contribution < 1.29 is 4.79 Å². The number of nitrogen functional groups attached to an aromatic ring is 1. The molecule has 0 amide bonds. The van der Waals surface area contributed by atoms with Gasteiger partial charge in [0.05, 0.1) is 5.56 Å². The third-order valence-electron chi connectivity index (χ3n) is 2.85. The second-order valence-corrected chi connectivity index (χ2v) is 5.04. The maximum absolute atomic E-state index is 12.4. The summed E-state index contributed by atoms with van der Waals surface area (Å²) in [6, 6.07) is 7.30. The van der Waals surface area contributed by atoms with Crippen LogP contribution in [-0.4, -0.2) is 10.8 Å². The first-order valence-corrected chi connectivity index (χ1v) is 6.32. The zero-order valence-electron chi connectivity index (χ0n) is 10.2. The average Bonchev–Trinajstić information content (AvgIpc) is 2.32. The van der Waals surface area contributed by atoms with Crippen molar-refractivity contribution in [2.24, 2.45) is 0 Å². The van der Waals surface area contributed by atoms with Crippen molar-refractivity contribution >= 4 is 27.5 Å². The molecule has 0 saturated carbocycles. The minimum Gasteiger partial charge on any atom is -0.383 e. The highest BCUT2D eigenvalue weighted by atomic mass is 79.9. The molecule has 0 atom stereocenters. The molecule has 0 spiro atoms. The Hall–Kier alpha value is -1.68. The number of nitrogens with two attached hydrogens (primary N) is 1. The van der Waals surface area contributed by atoms with Gasteiger partial charge in [-0.3, -0.25) is 4.79 Å². The van der Waals surface area contributed by atoms with E-state index in [2.05, 4.69) is 20.9 Å². The SMILES string of the molecule is Cc1ccc(C(=O)c2c(C)ccnc2N)cc1Br. The Kier molecular flexibility index (Phi) is 3.48. The van der Waals surface area contributed by atoms with Gasteiger partial charge in [0.1, 0.15) is 5.82 Å². The lowest BCUT2D eigenvalue weighted by atomic mass is 9.99. The van der Waals surface area contributed by atoms with Crippen molar-refractivity contribution in [1.29, 1.82) is 0 Å². The van der Waals surface area contributed by atoms with Crippen LogP contribution in [0, 0.1) is 13.8 Å². The van der Waals surface area contributed by atoms with E-state index in [4.69, 9.17) is 5.73 Å². The van der Waals surface area contributed by atoms with Crippen LogP contribution in [0.5, 0.6) is 0 Å². The summed E-state index contributed by atoms with van der Waals surface area (Å²) >= 11 is 3.42. The lowest BCUT2D eigenvalue weighted by Gasteiger charge is -2.08. The van der Waals surface area contributed by atoms with Crippen molar-refractivity contribution in [2.45, 2.75) is 13.8 Å². The van der Waals surface area contributed by atoms with E-state index in [9.17, 15) is 4.79 Å². The summed E-state index contributed by atoms with van der Waals surface area (Å²) in [5.41, 5.74) is 8.79. The van der Waals surface area contributed by atoms with Gasteiger partial charge in [0, 0.05) is 16.2 Å². The predicted octanol–water partition coefficient (Wildman–Crippen LogP) is 3.27. The van der Waals surface area contributed by atoms with Crippen LogP contribution in [-0.2, 0) is 0 Å². The van der Waals surface area contributed by atoms with Gasteiger partial charge < -0.3 is 5.73 Å². The molecule has 0 unspecified atom stereocenters. The van der Waals surface area contributed by atoms with E-state index in [0.29, 0.717) is 11.1 Å². The van der Waals surface area contributed by atoms with Crippen molar-refractivity contribution in [3.8, 4) is 0 Å². The number of hydrogen-bond acceptors (Lipinski definition) is 3. The molecular weight excluding hydrogens is 292 g/mol. The molecule has 92 valence electrons. The molecule has 1 aromatic heterocycles. The Labute approximate surface area is 114 Å². The van der Waals surface area contributed by atoms with Crippen LogP contribution in [0.4, 0.5) is 5.82 Å². The van der Waals surface area contributed by atoms with E-state index in [-0.39, 0.29) is 11.6 Å². The van der Waals surface area contributed by atoms with E-state index >= 15 is 0 Å². The molecule has 1 heterocycles. The average molecular weight is 305 g/mol. The number of aryl methyl sites for hydroxylation is 2. The standard InChI is InChI=1S/C14H13BrN2O/c1-8-3-4-10(7-11(8)15)13(18)12-9(2)5-6-17-14(12)16/h3-7H,1-2H3,(H2,16,17). The van der Waals surface area contributed by atoms with Gasteiger partial charge in [0.2, 0.25) is 0 Å². The summed E-state index contributed by atoms with van der Waals surface area (Å²) in [4.78, 5) is 16.4. The Morgan fingerprint density at radius 3 is 2.56 bits per heavy atom. The number of hydrogen-bond donors (Lipinski definition) is 1. The topological polar surface area (TPSA) is 56.0 Å². The Morgan fingerprint density at radius 2 is 1.94 bits per heavy atom. The summed E-state index contributed by atoms with van der Waals surface area (Å²) in [5, 5.41) is 0. The van der Waals surface area contributed by atoms with E-state index < -0.39 is 0 Å². The van der Waals surface area contributed by atoms with Crippen LogP contribution in [0.25, 0.3) is 0 Å². The molecule has 3 nitrogen and oxygen atoms in total. The van der Waals surface area contributed by atoms with Crippen molar-refractivity contribution in [1.82, 2.24) is 4.98 Å². The third kappa shape index (κ3) is 2.29. The van der Waals surface area contributed by atoms with E-state index in [0.717, 1.165) is 15.6 Å². The lowest BCUT2D eigenvalue weighted by Crippen LogP contribution is -2.09. The summed E-state index contributed by atoms with van der Waals surface area (Å²) in [5.74, 6) is 0.176. The van der Waals surface area contributed by atoms with Crippen LogP contribution in [0.2, 0.25) is 0 Å². The monoisotopic (exact) mass is 304 g/mol. The van der Waals surface area contributed by atoms with Crippen LogP contribution in [0.3, 0.4) is 0 Å². The molecule has 1 aromatic carbocycles. The highest BCUT2D eigenvalue weighted by Gasteiger charge is 2.16. The fraction of sp³-hybridized carbons (Fsp3) is 0.143. The van der Waals surface area contributed by atoms with Crippen molar-refractivity contribution in [3.05, 3.63) is 57.2 Å². The number of aromatic nitrogens is 1. The third-order valence-corrected chi connectivity index (χ3v) is 3.70. The number of carbonyl (C=O) groups excluding carboxylic acids is 1. The quantitative estimate of drug-likeness (QED) is 0.866. The number of halogens is 1. The summed E-state index contributed by atoms with van der Waals surface area (Å²) in [7, 11) is 0. The van der Waals surface area contributed by atoms with Gasteiger partial charge >= 0.3 is 0 Å².